The lowest BCUT2D eigenvalue weighted by molar-refractivity contribution is -0.138. The summed E-state index contributed by atoms with van der Waals surface area (Å²) >= 11 is 0. The summed E-state index contributed by atoms with van der Waals surface area (Å²) in [6.45, 7) is 11.7. The molecule has 6 nitrogen and oxygen atoms in total. The van der Waals surface area contributed by atoms with Crippen LogP contribution in [-0.2, 0) is 9.59 Å². The summed E-state index contributed by atoms with van der Waals surface area (Å²) in [7, 11) is 1.61. The lowest BCUT2D eigenvalue weighted by atomic mass is 10.0. The smallest absolute Gasteiger partial charge is 0.277 e. The number of amides is 2. The van der Waals surface area contributed by atoms with E-state index in [1.165, 1.54) is 21.7 Å². The Kier molecular flexibility index (Phi) is 6.45. The standard InChI is InChI=1S/C27H33N3O3/c1-18(2)17-30-26(31)24(21-9-11-22(33-5)12-10-21)25(27(30)32)29-15-13-28(14-16-29)23-8-6-7-19(3)20(23)4/h6-12,18H,13-17H2,1-5H3. The molecule has 1 saturated heterocycles. The number of aryl methyl sites for hydroxylation is 1. The summed E-state index contributed by atoms with van der Waals surface area (Å²) in [4.78, 5) is 32.8. The minimum absolute atomic E-state index is 0.181. The second-order valence-corrected chi connectivity index (χ2v) is 9.26. The maximum atomic E-state index is 13.5. The summed E-state index contributed by atoms with van der Waals surface area (Å²) in [5.74, 6) is 0.542. The van der Waals surface area contributed by atoms with Gasteiger partial charge in [-0.3, -0.25) is 14.5 Å². The predicted molar refractivity (Wildman–Crippen MR) is 131 cm³/mol. The van der Waals surface area contributed by atoms with E-state index in [0.29, 0.717) is 30.9 Å². The highest BCUT2D eigenvalue weighted by molar-refractivity contribution is 6.35. The van der Waals surface area contributed by atoms with E-state index in [9.17, 15) is 9.59 Å². The van der Waals surface area contributed by atoms with Crippen LogP contribution in [0, 0.1) is 19.8 Å². The van der Waals surface area contributed by atoms with Crippen LogP contribution < -0.4 is 9.64 Å². The third kappa shape index (κ3) is 4.34. The first kappa shape index (κ1) is 22.9. The van der Waals surface area contributed by atoms with Crippen molar-refractivity contribution in [1.29, 1.82) is 0 Å². The fraction of sp³-hybridized carbons (Fsp3) is 0.407. The van der Waals surface area contributed by atoms with Crippen LogP contribution in [0.4, 0.5) is 5.69 Å². The molecular formula is C27H33N3O3. The topological polar surface area (TPSA) is 53.1 Å². The molecule has 0 radical (unpaired) electrons. The average Bonchev–Trinajstić information content (AvgIpc) is 3.05. The van der Waals surface area contributed by atoms with Gasteiger partial charge < -0.3 is 14.5 Å². The Balaban J connectivity index is 1.64. The van der Waals surface area contributed by atoms with Crippen LogP contribution in [0.2, 0.25) is 0 Å². The van der Waals surface area contributed by atoms with Crippen LogP contribution in [0.15, 0.2) is 48.2 Å². The van der Waals surface area contributed by atoms with E-state index >= 15 is 0 Å². The maximum Gasteiger partial charge on any atom is 0.277 e. The highest BCUT2D eigenvalue weighted by atomic mass is 16.5. The number of nitrogens with zero attached hydrogens (tertiary/aromatic N) is 3. The number of piperazine rings is 1. The number of carbonyl (C=O) groups excluding carboxylic acids is 2. The zero-order valence-corrected chi connectivity index (χ0v) is 20.2. The third-order valence-corrected chi connectivity index (χ3v) is 6.58. The van der Waals surface area contributed by atoms with E-state index in [1.54, 1.807) is 7.11 Å². The zero-order valence-electron chi connectivity index (χ0n) is 20.2. The molecule has 0 bridgehead atoms. The molecule has 33 heavy (non-hydrogen) atoms. The second-order valence-electron chi connectivity index (χ2n) is 9.26. The van der Waals surface area contributed by atoms with Crippen LogP contribution >= 0.6 is 0 Å². The van der Waals surface area contributed by atoms with E-state index < -0.39 is 0 Å². The summed E-state index contributed by atoms with van der Waals surface area (Å²) < 4.78 is 5.27. The van der Waals surface area contributed by atoms with Crippen molar-refractivity contribution in [1.82, 2.24) is 9.80 Å². The van der Waals surface area contributed by atoms with Crippen molar-refractivity contribution in [2.24, 2.45) is 5.92 Å². The van der Waals surface area contributed by atoms with Gasteiger partial charge in [-0.15, -0.1) is 0 Å². The van der Waals surface area contributed by atoms with Crippen molar-refractivity contribution < 1.29 is 14.3 Å². The molecule has 2 amide bonds. The number of methoxy groups -OCH3 is 1. The molecule has 0 saturated carbocycles. The van der Waals surface area contributed by atoms with Crippen molar-refractivity contribution in [3.8, 4) is 5.75 Å². The van der Waals surface area contributed by atoms with E-state index in [1.807, 2.05) is 38.1 Å². The van der Waals surface area contributed by atoms with Gasteiger partial charge in [-0.1, -0.05) is 38.1 Å². The van der Waals surface area contributed by atoms with E-state index in [0.717, 1.165) is 24.4 Å². The molecule has 2 aromatic carbocycles. The quantitative estimate of drug-likeness (QED) is 0.630. The Bertz CT molecular complexity index is 1080. The molecule has 0 N–H and O–H groups in total. The summed E-state index contributed by atoms with van der Waals surface area (Å²) in [5.41, 5.74) is 5.61. The van der Waals surface area contributed by atoms with Crippen LogP contribution in [-0.4, -0.2) is 61.4 Å². The molecule has 0 unspecified atom stereocenters. The number of ether oxygens (including phenoxy) is 1. The van der Waals surface area contributed by atoms with Gasteiger partial charge in [0.15, 0.2) is 0 Å². The molecule has 0 atom stereocenters. The Morgan fingerprint density at radius 1 is 0.879 bits per heavy atom. The molecule has 174 valence electrons. The summed E-state index contributed by atoms with van der Waals surface area (Å²) in [6, 6.07) is 13.8. The van der Waals surface area contributed by atoms with Crippen LogP contribution in [0.3, 0.4) is 0 Å². The van der Waals surface area contributed by atoms with Crippen molar-refractivity contribution >= 4 is 23.1 Å². The van der Waals surface area contributed by atoms with Gasteiger partial charge in [-0.25, -0.2) is 0 Å². The number of anilines is 1. The first-order valence-corrected chi connectivity index (χ1v) is 11.6. The van der Waals surface area contributed by atoms with Crippen molar-refractivity contribution in [2.75, 3.05) is 44.7 Å². The molecule has 0 spiro atoms. The number of hydrogen-bond acceptors (Lipinski definition) is 5. The summed E-state index contributed by atoms with van der Waals surface area (Å²) in [6.07, 6.45) is 0. The Hall–Kier alpha value is -3.28. The molecule has 2 heterocycles. The number of rotatable bonds is 6. The molecular weight excluding hydrogens is 414 g/mol. The van der Waals surface area contributed by atoms with Crippen LogP contribution in [0.25, 0.3) is 5.57 Å². The first-order valence-electron chi connectivity index (χ1n) is 11.6. The van der Waals surface area contributed by atoms with Crippen LogP contribution in [0.5, 0.6) is 5.75 Å². The van der Waals surface area contributed by atoms with E-state index in [4.69, 9.17) is 4.74 Å². The number of imide groups is 1. The number of benzene rings is 2. The minimum atomic E-state index is -0.203. The van der Waals surface area contributed by atoms with Crippen molar-refractivity contribution in [2.45, 2.75) is 27.7 Å². The van der Waals surface area contributed by atoms with Gasteiger partial charge in [-0.2, -0.15) is 0 Å². The van der Waals surface area contributed by atoms with Crippen LogP contribution in [0.1, 0.15) is 30.5 Å². The number of carbonyl (C=O) groups is 2. The molecule has 0 aromatic heterocycles. The lowest BCUT2D eigenvalue weighted by Crippen LogP contribution is -2.48. The molecule has 4 rings (SSSR count). The van der Waals surface area contributed by atoms with Gasteiger partial charge in [0.05, 0.1) is 12.7 Å². The monoisotopic (exact) mass is 447 g/mol. The Morgan fingerprint density at radius 2 is 1.52 bits per heavy atom. The molecule has 2 aromatic rings. The lowest BCUT2D eigenvalue weighted by Gasteiger charge is -2.38. The van der Waals surface area contributed by atoms with Gasteiger partial charge in [0.1, 0.15) is 11.4 Å². The predicted octanol–water partition coefficient (Wildman–Crippen LogP) is 3.87. The number of hydrogen-bond donors (Lipinski definition) is 0. The molecule has 6 heteroatoms. The average molecular weight is 448 g/mol. The normalized spacial score (nSPS) is 17.0. The molecule has 0 aliphatic carbocycles. The highest BCUT2D eigenvalue weighted by Crippen LogP contribution is 2.34. The largest absolute Gasteiger partial charge is 0.497 e. The van der Waals surface area contributed by atoms with E-state index in [-0.39, 0.29) is 17.7 Å². The van der Waals surface area contributed by atoms with Gasteiger partial charge in [-0.05, 0) is 54.7 Å². The van der Waals surface area contributed by atoms with E-state index in [2.05, 4.69) is 41.8 Å². The third-order valence-electron chi connectivity index (χ3n) is 6.58. The maximum absolute atomic E-state index is 13.5. The highest BCUT2D eigenvalue weighted by Gasteiger charge is 2.42. The van der Waals surface area contributed by atoms with Crippen molar-refractivity contribution in [3.05, 3.63) is 64.9 Å². The zero-order chi connectivity index (χ0) is 23.7. The first-order chi connectivity index (χ1) is 15.8. The van der Waals surface area contributed by atoms with Gasteiger partial charge in [0.2, 0.25) is 0 Å². The second kappa shape index (κ2) is 9.30. The minimum Gasteiger partial charge on any atom is -0.497 e. The van der Waals surface area contributed by atoms with Gasteiger partial charge >= 0.3 is 0 Å². The fourth-order valence-electron chi connectivity index (χ4n) is 4.65. The Labute approximate surface area is 196 Å². The SMILES string of the molecule is COc1ccc(C2=C(N3CCN(c4cccc(C)c4C)CC3)C(=O)N(CC(C)C)C2=O)cc1. The molecule has 1 fully saturated rings. The van der Waals surface area contributed by atoms with Gasteiger partial charge in [0.25, 0.3) is 11.8 Å². The molecule has 2 aliphatic rings. The van der Waals surface area contributed by atoms with Crippen molar-refractivity contribution in [3.63, 3.8) is 0 Å². The molecule has 2 aliphatic heterocycles. The summed E-state index contributed by atoms with van der Waals surface area (Å²) in [5, 5.41) is 0. The van der Waals surface area contributed by atoms with Gasteiger partial charge in [0, 0.05) is 38.4 Å². The Morgan fingerprint density at radius 3 is 2.12 bits per heavy atom. The fourth-order valence-corrected chi connectivity index (χ4v) is 4.65.